The third-order valence-corrected chi connectivity index (χ3v) is 1.75. The molecule has 0 unspecified atom stereocenters. The zero-order valence-corrected chi connectivity index (χ0v) is 7.56. The number of hydrogen-bond donors (Lipinski definition) is 1. The Morgan fingerprint density at radius 3 is 2.71 bits per heavy atom. The molecule has 0 bridgehead atoms. The fraction of sp³-hybridized carbons (Fsp3) is 0.222. The molecule has 0 saturated heterocycles. The van der Waals surface area contributed by atoms with E-state index in [1.807, 2.05) is 0 Å². The van der Waals surface area contributed by atoms with Gasteiger partial charge in [-0.1, -0.05) is 6.07 Å². The van der Waals surface area contributed by atoms with Crippen LogP contribution in [0.1, 0.15) is 12.5 Å². The van der Waals surface area contributed by atoms with Gasteiger partial charge in [0.15, 0.2) is 0 Å². The minimum atomic E-state index is -0.613. The summed E-state index contributed by atoms with van der Waals surface area (Å²) in [5.74, 6) is -0.441. The van der Waals surface area contributed by atoms with Crippen LogP contribution in [0.4, 0.5) is 5.69 Å². The molecule has 0 heterocycles. The molecule has 0 amide bonds. The minimum Gasteiger partial charge on any atom is -0.507 e. The van der Waals surface area contributed by atoms with Gasteiger partial charge < -0.3 is 5.11 Å². The first-order valence-electron chi connectivity index (χ1n) is 3.97. The summed E-state index contributed by atoms with van der Waals surface area (Å²) in [5, 5.41) is 19.9. The van der Waals surface area contributed by atoms with Crippen molar-refractivity contribution in [1.29, 1.82) is 0 Å². The summed E-state index contributed by atoms with van der Waals surface area (Å²) in [4.78, 5) is 20.7. The monoisotopic (exact) mass is 195 g/mol. The first kappa shape index (κ1) is 10.2. The highest BCUT2D eigenvalue weighted by atomic mass is 16.6. The molecule has 0 saturated carbocycles. The highest BCUT2D eigenvalue weighted by molar-refractivity contribution is 5.80. The molecule has 1 rings (SSSR count). The van der Waals surface area contributed by atoms with E-state index < -0.39 is 4.92 Å². The van der Waals surface area contributed by atoms with Crippen molar-refractivity contribution in [2.75, 3.05) is 0 Å². The van der Waals surface area contributed by atoms with E-state index in [2.05, 4.69) is 0 Å². The molecule has 0 aliphatic rings. The number of nitro groups is 1. The average molecular weight is 195 g/mol. The van der Waals surface area contributed by atoms with E-state index in [1.165, 1.54) is 25.1 Å². The van der Waals surface area contributed by atoms with Crippen molar-refractivity contribution in [3.8, 4) is 5.75 Å². The summed E-state index contributed by atoms with van der Waals surface area (Å²) in [6, 6.07) is 3.96. The molecule has 14 heavy (non-hydrogen) atoms. The molecule has 1 aromatic rings. The second kappa shape index (κ2) is 3.87. The Kier molecular flexibility index (Phi) is 2.81. The predicted octanol–water partition coefficient (Wildman–Crippen LogP) is 1.43. The molecule has 0 atom stereocenters. The Morgan fingerprint density at radius 1 is 1.57 bits per heavy atom. The Bertz CT molecular complexity index is 386. The smallest absolute Gasteiger partial charge is 0.276 e. The Labute approximate surface area is 80.1 Å². The van der Waals surface area contributed by atoms with Crippen LogP contribution in [0.3, 0.4) is 0 Å². The van der Waals surface area contributed by atoms with Gasteiger partial charge in [0.05, 0.1) is 10.5 Å². The van der Waals surface area contributed by atoms with Crippen LogP contribution >= 0.6 is 0 Å². The van der Waals surface area contributed by atoms with Gasteiger partial charge in [-0.05, 0) is 13.0 Å². The zero-order valence-electron chi connectivity index (χ0n) is 7.56. The van der Waals surface area contributed by atoms with E-state index in [4.69, 9.17) is 0 Å². The van der Waals surface area contributed by atoms with Gasteiger partial charge in [0.25, 0.3) is 5.69 Å². The van der Waals surface area contributed by atoms with E-state index in [1.54, 1.807) is 0 Å². The summed E-state index contributed by atoms with van der Waals surface area (Å²) in [6.45, 7) is 1.32. The number of phenolic OH excluding ortho intramolecular Hbond substituents is 1. The zero-order chi connectivity index (χ0) is 10.7. The van der Waals surface area contributed by atoms with E-state index >= 15 is 0 Å². The number of phenols is 1. The molecule has 5 nitrogen and oxygen atoms in total. The minimum absolute atomic E-state index is 0.0741. The van der Waals surface area contributed by atoms with Gasteiger partial charge in [-0.2, -0.15) is 0 Å². The molecule has 0 fully saturated rings. The number of ketones is 1. The largest absolute Gasteiger partial charge is 0.507 e. The first-order chi connectivity index (χ1) is 6.52. The molecule has 1 aromatic carbocycles. The lowest BCUT2D eigenvalue weighted by atomic mass is 10.1. The molecule has 0 spiro atoms. The van der Waals surface area contributed by atoms with Gasteiger partial charge in [-0.15, -0.1) is 0 Å². The fourth-order valence-electron chi connectivity index (χ4n) is 1.16. The van der Waals surface area contributed by atoms with Crippen molar-refractivity contribution < 1.29 is 14.8 Å². The number of hydrogen-bond acceptors (Lipinski definition) is 4. The van der Waals surface area contributed by atoms with Gasteiger partial charge in [0, 0.05) is 12.5 Å². The molecule has 0 radical (unpaired) electrons. The van der Waals surface area contributed by atoms with Gasteiger partial charge >= 0.3 is 0 Å². The molecule has 5 heteroatoms. The number of carbonyl (C=O) groups is 1. The van der Waals surface area contributed by atoms with Gasteiger partial charge in [0.2, 0.25) is 0 Å². The van der Waals surface area contributed by atoms with E-state index in [0.717, 1.165) is 0 Å². The highest BCUT2D eigenvalue weighted by Crippen LogP contribution is 2.27. The summed E-state index contributed by atoms with van der Waals surface area (Å²) in [5.41, 5.74) is -0.148. The van der Waals surface area contributed by atoms with E-state index in [-0.39, 0.29) is 29.2 Å². The fourth-order valence-corrected chi connectivity index (χ4v) is 1.16. The first-order valence-corrected chi connectivity index (χ1v) is 3.97. The Balaban J connectivity index is 3.22. The van der Waals surface area contributed by atoms with Crippen LogP contribution in [0.5, 0.6) is 5.75 Å². The SMILES string of the molecule is CC(=O)Cc1c(O)cccc1[N+](=O)[O-]. The normalized spacial score (nSPS) is 9.79. The molecule has 0 aliphatic heterocycles. The lowest BCUT2D eigenvalue weighted by molar-refractivity contribution is -0.385. The van der Waals surface area contributed by atoms with Crippen LogP contribution in [0.25, 0.3) is 0 Å². The van der Waals surface area contributed by atoms with Gasteiger partial charge in [-0.25, -0.2) is 0 Å². The Hall–Kier alpha value is -1.91. The predicted molar refractivity (Wildman–Crippen MR) is 49.1 cm³/mol. The second-order valence-corrected chi connectivity index (χ2v) is 2.91. The summed E-state index contributed by atoms with van der Waals surface area (Å²) >= 11 is 0. The standard InChI is InChI=1S/C9H9NO4/c1-6(11)5-7-8(10(13)14)3-2-4-9(7)12/h2-4,12H,5H2,1H3. The number of nitrogens with zero attached hydrogens (tertiary/aromatic N) is 1. The maximum atomic E-state index is 10.8. The van der Waals surface area contributed by atoms with Gasteiger partial charge in [0.1, 0.15) is 11.5 Å². The number of Topliss-reactive ketones (excluding diaryl/α,β-unsaturated/α-hetero) is 1. The van der Waals surface area contributed by atoms with Crippen LogP contribution in [-0.2, 0) is 11.2 Å². The lowest BCUT2D eigenvalue weighted by Gasteiger charge is -2.02. The number of rotatable bonds is 3. The van der Waals surface area contributed by atoms with Crippen LogP contribution in [0.15, 0.2) is 18.2 Å². The summed E-state index contributed by atoms with van der Waals surface area (Å²) in [6.07, 6.45) is -0.122. The van der Waals surface area contributed by atoms with Crippen molar-refractivity contribution in [2.45, 2.75) is 13.3 Å². The van der Waals surface area contributed by atoms with Crippen molar-refractivity contribution in [3.05, 3.63) is 33.9 Å². The molecule has 0 aliphatic carbocycles. The molecule has 1 N–H and O–H groups in total. The third-order valence-electron chi connectivity index (χ3n) is 1.75. The van der Waals surface area contributed by atoms with Crippen LogP contribution in [0.2, 0.25) is 0 Å². The molecular formula is C9H9NO4. The van der Waals surface area contributed by atoms with Crippen LogP contribution in [0, 0.1) is 10.1 Å². The quantitative estimate of drug-likeness (QED) is 0.584. The van der Waals surface area contributed by atoms with E-state index in [0.29, 0.717) is 0 Å². The topological polar surface area (TPSA) is 80.4 Å². The van der Waals surface area contributed by atoms with Crippen molar-refractivity contribution >= 4 is 11.5 Å². The summed E-state index contributed by atoms with van der Waals surface area (Å²) in [7, 11) is 0. The molecular weight excluding hydrogens is 186 g/mol. The maximum Gasteiger partial charge on any atom is 0.276 e. The highest BCUT2D eigenvalue weighted by Gasteiger charge is 2.17. The molecule has 74 valence electrons. The third kappa shape index (κ3) is 2.07. The van der Waals surface area contributed by atoms with Crippen molar-refractivity contribution in [1.82, 2.24) is 0 Å². The number of carbonyl (C=O) groups excluding carboxylic acids is 1. The van der Waals surface area contributed by atoms with Crippen LogP contribution in [-0.4, -0.2) is 15.8 Å². The summed E-state index contributed by atoms with van der Waals surface area (Å²) < 4.78 is 0. The van der Waals surface area contributed by atoms with Crippen molar-refractivity contribution in [3.63, 3.8) is 0 Å². The average Bonchev–Trinajstić information content (AvgIpc) is 2.07. The molecule has 0 aromatic heterocycles. The number of aromatic hydroxyl groups is 1. The number of benzene rings is 1. The number of nitro benzene ring substituents is 1. The maximum absolute atomic E-state index is 10.8. The van der Waals surface area contributed by atoms with Crippen molar-refractivity contribution in [2.24, 2.45) is 0 Å². The van der Waals surface area contributed by atoms with Crippen LogP contribution < -0.4 is 0 Å². The Morgan fingerprint density at radius 2 is 2.21 bits per heavy atom. The second-order valence-electron chi connectivity index (χ2n) is 2.91. The lowest BCUT2D eigenvalue weighted by Crippen LogP contribution is -2.01. The van der Waals surface area contributed by atoms with E-state index in [9.17, 15) is 20.0 Å². The van der Waals surface area contributed by atoms with Gasteiger partial charge in [-0.3, -0.25) is 14.9 Å².